The molecule has 0 bridgehead atoms. The third kappa shape index (κ3) is 2.73. The first-order valence-corrected chi connectivity index (χ1v) is 6.81. The summed E-state index contributed by atoms with van der Waals surface area (Å²) in [6.07, 6.45) is 3.74. The fraction of sp³-hybridized carbons (Fsp3) is 0.364. The highest BCUT2D eigenvalue weighted by atomic mass is 32.2. The summed E-state index contributed by atoms with van der Waals surface area (Å²) in [5.41, 5.74) is 0.235. The molecule has 0 spiro atoms. The maximum absolute atomic E-state index is 10.9. The van der Waals surface area contributed by atoms with Gasteiger partial charge in [0.25, 0.3) is 0 Å². The molecule has 0 saturated heterocycles. The topological polar surface area (TPSA) is 93.8 Å². The zero-order valence-corrected chi connectivity index (χ0v) is 10.7. The average molecular weight is 277 g/mol. The van der Waals surface area contributed by atoms with Crippen LogP contribution in [0, 0.1) is 0 Å². The van der Waals surface area contributed by atoms with Gasteiger partial charge in [-0.2, -0.15) is 0 Å². The summed E-state index contributed by atoms with van der Waals surface area (Å²) in [7, 11) is 0. The molecule has 0 aromatic carbocycles. The van der Waals surface area contributed by atoms with Crippen LogP contribution in [0.25, 0.3) is 0 Å². The maximum atomic E-state index is 10.9. The van der Waals surface area contributed by atoms with Crippen molar-refractivity contribution in [2.75, 3.05) is 0 Å². The zero-order valence-electron chi connectivity index (χ0n) is 9.93. The minimum atomic E-state index is -0.952. The van der Waals surface area contributed by atoms with Gasteiger partial charge in [0.05, 0.1) is 22.4 Å². The molecule has 0 radical (unpaired) electrons. The van der Waals surface area contributed by atoms with Crippen LogP contribution in [0.5, 0.6) is 0 Å². The third-order valence-corrected chi connectivity index (χ3v) is 3.71. The molecule has 19 heavy (non-hydrogen) atoms. The first-order valence-electron chi connectivity index (χ1n) is 5.83. The summed E-state index contributed by atoms with van der Waals surface area (Å²) in [4.78, 5) is 15.0. The van der Waals surface area contributed by atoms with Crippen molar-refractivity contribution in [2.24, 2.45) is 0 Å². The van der Waals surface area contributed by atoms with E-state index in [0.29, 0.717) is 16.8 Å². The molecule has 1 N–H and O–H groups in total. The molecule has 98 valence electrons. The SMILES string of the molecule is O=C(O)c1ccnc(SCc2nnnn2C2CC2)c1. The Labute approximate surface area is 113 Å². The van der Waals surface area contributed by atoms with Crippen LogP contribution in [0.2, 0.25) is 0 Å². The van der Waals surface area contributed by atoms with Crippen LogP contribution in [-0.2, 0) is 5.75 Å². The lowest BCUT2D eigenvalue weighted by Gasteiger charge is -2.02. The van der Waals surface area contributed by atoms with Gasteiger partial charge in [-0.15, -0.1) is 5.10 Å². The molecule has 1 aliphatic rings. The largest absolute Gasteiger partial charge is 0.478 e. The zero-order chi connectivity index (χ0) is 13.2. The van der Waals surface area contributed by atoms with Crippen LogP contribution < -0.4 is 0 Å². The van der Waals surface area contributed by atoms with Crippen LogP contribution in [-0.4, -0.2) is 36.3 Å². The predicted octanol–water partition coefficient (Wildman–Crippen LogP) is 1.39. The Morgan fingerprint density at radius 3 is 3.11 bits per heavy atom. The Morgan fingerprint density at radius 2 is 2.37 bits per heavy atom. The Bertz CT molecular complexity index is 611. The van der Waals surface area contributed by atoms with Crippen molar-refractivity contribution in [1.29, 1.82) is 0 Å². The number of hydrogen-bond acceptors (Lipinski definition) is 6. The summed E-state index contributed by atoms with van der Waals surface area (Å²) in [5.74, 6) is 0.432. The molecule has 0 unspecified atom stereocenters. The van der Waals surface area contributed by atoms with Gasteiger partial charge in [-0.1, -0.05) is 11.8 Å². The van der Waals surface area contributed by atoms with E-state index in [1.807, 2.05) is 4.68 Å². The van der Waals surface area contributed by atoms with Gasteiger partial charge in [0, 0.05) is 6.20 Å². The number of thioether (sulfide) groups is 1. The van der Waals surface area contributed by atoms with Gasteiger partial charge < -0.3 is 5.11 Å². The van der Waals surface area contributed by atoms with Crippen molar-refractivity contribution >= 4 is 17.7 Å². The number of aromatic carboxylic acids is 1. The number of rotatable bonds is 5. The van der Waals surface area contributed by atoms with E-state index in [4.69, 9.17) is 5.11 Å². The lowest BCUT2D eigenvalue weighted by atomic mass is 10.3. The van der Waals surface area contributed by atoms with Crippen LogP contribution in [0.3, 0.4) is 0 Å². The molecule has 0 amide bonds. The van der Waals surface area contributed by atoms with Gasteiger partial charge in [0.2, 0.25) is 0 Å². The van der Waals surface area contributed by atoms with E-state index in [1.165, 1.54) is 24.0 Å². The van der Waals surface area contributed by atoms with E-state index in [2.05, 4.69) is 20.5 Å². The maximum Gasteiger partial charge on any atom is 0.335 e. The van der Waals surface area contributed by atoms with Crippen LogP contribution in [0.15, 0.2) is 23.4 Å². The van der Waals surface area contributed by atoms with E-state index < -0.39 is 5.97 Å². The molecule has 2 aromatic heterocycles. The van der Waals surface area contributed by atoms with Gasteiger partial charge in [-0.3, -0.25) is 0 Å². The van der Waals surface area contributed by atoms with Crippen molar-refractivity contribution in [1.82, 2.24) is 25.2 Å². The summed E-state index contributed by atoms with van der Waals surface area (Å²) in [5, 5.41) is 21.2. The highest BCUT2D eigenvalue weighted by molar-refractivity contribution is 7.98. The Balaban J connectivity index is 1.70. The number of nitrogens with zero attached hydrogens (tertiary/aromatic N) is 5. The number of aromatic nitrogens is 5. The Hall–Kier alpha value is -1.96. The highest BCUT2D eigenvalue weighted by Gasteiger charge is 2.27. The Morgan fingerprint density at radius 1 is 1.53 bits per heavy atom. The van der Waals surface area contributed by atoms with Crippen LogP contribution in [0.1, 0.15) is 35.1 Å². The predicted molar refractivity (Wildman–Crippen MR) is 66.8 cm³/mol. The second-order valence-corrected chi connectivity index (χ2v) is 5.24. The van der Waals surface area contributed by atoms with Crippen molar-refractivity contribution < 1.29 is 9.90 Å². The highest BCUT2D eigenvalue weighted by Crippen LogP contribution is 2.35. The lowest BCUT2D eigenvalue weighted by Crippen LogP contribution is -2.02. The Kier molecular flexibility index (Phi) is 3.16. The van der Waals surface area contributed by atoms with Crippen molar-refractivity contribution in [3.63, 3.8) is 0 Å². The minimum absolute atomic E-state index is 0.235. The summed E-state index contributed by atoms with van der Waals surface area (Å²) < 4.78 is 1.84. The average Bonchev–Trinajstić information content (AvgIpc) is 3.16. The molecule has 1 aliphatic carbocycles. The fourth-order valence-electron chi connectivity index (χ4n) is 1.67. The first kappa shape index (κ1) is 12.1. The molecular formula is C11H11N5O2S. The summed E-state index contributed by atoms with van der Waals surface area (Å²) >= 11 is 1.43. The van der Waals surface area contributed by atoms with E-state index in [0.717, 1.165) is 18.7 Å². The monoisotopic (exact) mass is 277 g/mol. The van der Waals surface area contributed by atoms with Gasteiger partial charge in [0.15, 0.2) is 5.82 Å². The number of carbonyl (C=O) groups is 1. The number of hydrogen-bond donors (Lipinski definition) is 1. The smallest absolute Gasteiger partial charge is 0.335 e. The molecule has 0 atom stereocenters. The molecule has 1 saturated carbocycles. The van der Waals surface area contributed by atoms with Gasteiger partial charge in [0.1, 0.15) is 0 Å². The molecule has 2 aromatic rings. The van der Waals surface area contributed by atoms with E-state index in [1.54, 1.807) is 6.07 Å². The normalized spacial score (nSPS) is 14.5. The van der Waals surface area contributed by atoms with Gasteiger partial charge in [-0.05, 0) is 35.4 Å². The standard InChI is InChI=1S/C11H11N5O2S/c17-11(18)7-3-4-12-10(5-7)19-6-9-13-14-15-16(9)8-1-2-8/h3-5,8H,1-2,6H2,(H,17,18). The van der Waals surface area contributed by atoms with Crippen LogP contribution >= 0.6 is 11.8 Å². The van der Waals surface area contributed by atoms with Gasteiger partial charge >= 0.3 is 5.97 Å². The molecule has 3 rings (SSSR count). The van der Waals surface area contributed by atoms with E-state index in [9.17, 15) is 4.79 Å². The van der Waals surface area contributed by atoms with Crippen molar-refractivity contribution in [3.05, 3.63) is 29.7 Å². The molecule has 0 aliphatic heterocycles. The number of carboxylic acid groups (broad SMARTS) is 1. The van der Waals surface area contributed by atoms with Crippen LogP contribution in [0.4, 0.5) is 0 Å². The summed E-state index contributed by atoms with van der Waals surface area (Å²) in [6.45, 7) is 0. The van der Waals surface area contributed by atoms with E-state index >= 15 is 0 Å². The lowest BCUT2D eigenvalue weighted by molar-refractivity contribution is 0.0696. The molecular weight excluding hydrogens is 266 g/mol. The third-order valence-electron chi connectivity index (χ3n) is 2.78. The van der Waals surface area contributed by atoms with Crippen molar-refractivity contribution in [2.45, 2.75) is 29.7 Å². The first-order chi connectivity index (χ1) is 9.24. The second kappa shape index (κ2) is 4.96. The number of pyridine rings is 1. The molecule has 8 heteroatoms. The van der Waals surface area contributed by atoms with Gasteiger partial charge in [-0.25, -0.2) is 14.5 Å². The molecule has 1 fully saturated rings. The summed E-state index contributed by atoms with van der Waals surface area (Å²) in [6, 6.07) is 3.46. The fourth-order valence-corrected chi connectivity index (χ4v) is 2.48. The van der Waals surface area contributed by atoms with E-state index in [-0.39, 0.29) is 5.56 Å². The molecule has 7 nitrogen and oxygen atoms in total. The number of carboxylic acids is 1. The van der Waals surface area contributed by atoms with Crippen molar-refractivity contribution in [3.8, 4) is 0 Å². The second-order valence-electron chi connectivity index (χ2n) is 4.25. The molecule has 2 heterocycles. The quantitative estimate of drug-likeness (QED) is 0.825. The number of tetrazole rings is 1. The minimum Gasteiger partial charge on any atom is -0.478 e.